The molecule has 0 aliphatic heterocycles. The van der Waals surface area contributed by atoms with Crippen molar-refractivity contribution >= 4 is 23.7 Å². The number of imide groups is 1. The van der Waals surface area contributed by atoms with Crippen molar-refractivity contribution in [1.29, 1.82) is 0 Å². The summed E-state index contributed by atoms with van der Waals surface area (Å²) in [5, 5.41) is 9.62. The summed E-state index contributed by atoms with van der Waals surface area (Å²) in [4.78, 5) is 21.8. The number of ether oxygens (including phenoxy) is 1. The summed E-state index contributed by atoms with van der Waals surface area (Å²) in [7, 11) is 0. The average Bonchev–Trinajstić information content (AvgIpc) is 2.96. The van der Waals surface area contributed by atoms with Crippen molar-refractivity contribution < 1.29 is 23.1 Å². The number of nitrogens with one attached hydrogen (secondary N) is 1. The van der Waals surface area contributed by atoms with Crippen LogP contribution < -0.4 is 15.8 Å². The summed E-state index contributed by atoms with van der Waals surface area (Å²) in [5.74, 6) is -0.384. The number of nitrogens with zero attached hydrogens (tertiary/aromatic N) is 2. The number of nitrogens with two attached hydrogens (primary N) is 1. The largest absolute Gasteiger partial charge is 0.481 e. The van der Waals surface area contributed by atoms with Crippen LogP contribution in [0.25, 0.3) is 0 Å². The summed E-state index contributed by atoms with van der Waals surface area (Å²) in [6.45, 7) is 1.69. The number of carbonyl (C=O) groups excluding carboxylic acids is 2. The van der Waals surface area contributed by atoms with Crippen LogP contribution in [0, 0.1) is 5.82 Å². The first-order valence-corrected chi connectivity index (χ1v) is 7.40. The molecule has 0 spiro atoms. The molecule has 3 amide bonds. The van der Waals surface area contributed by atoms with Gasteiger partial charge in [-0.15, -0.1) is 10.2 Å². The van der Waals surface area contributed by atoms with Gasteiger partial charge in [-0.25, -0.2) is 9.18 Å². The van der Waals surface area contributed by atoms with Gasteiger partial charge in [0.15, 0.2) is 6.10 Å². The molecule has 10 heteroatoms. The Labute approximate surface area is 134 Å². The second-order valence-electron chi connectivity index (χ2n) is 4.32. The monoisotopic (exact) mass is 340 g/mol. The maximum atomic E-state index is 12.8. The van der Waals surface area contributed by atoms with E-state index >= 15 is 0 Å². The third-order valence-corrected chi connectivity index (χ3v) is 3.30. The first kappa shape index (κ1) is 16.7. The van der Waals surface area contributed by atoms with E-state index in [9.17, 15) is 14.0 Å². The molecule has 0 saturated carbocycles. The molecule has 0 bridgehead atoms. The lowest BCUT2D eigenvalue weighted by Gasteiger charge is -2.10. The Morgan fingerprint density at radius 1 is 1.39 bits per heavy atom. The van der Waals surface area contributed by atoms with E-state index in [2.05, 4.69) is 10.2 Å². The minimum Gasteiger partial charge on any atom is -0.481 e. The molecule has 8 nitrogen and oxygen atoms in total. The minimum atomic E-state index is -0.928. The third-order valence-electron chi connectivity index (χ3n) is 2.49. The Hall–Kier alpha value is -2.62. The number of hydrogen-bond acceptors (Lipinski definition) is 7. The number of aromatic nitrogens is 2. The summed E-state index contributed by atoms with van der Waals surface area (Å²) in [6, 6.07) is 4.57. The smallest absolute Gasteiger partial charge is 0.318 e. The lowest BCUT2D eigenvalue weighted by Crippen LogP contribution is -2.36. The van der Waals surface area contributed by atoms with Gasteiger partial charge in [0.25, 0.3) is 11.1 Å². The van der Waals surface area contributed by atoms with E-state index in [0.29, 0.717) is 5.75 Å². The molecule has 3 N–H and O–H groups in total. The van der Waals surface area contributed by atoms with Crippen LogP contribution in [0.15, 0.2) is 33.9 Å². The lowest BCUT2D eigenvalue weighted by molar-refractivity contribution is -0.117. The molecule has 122 valence electrons. The summed E-state index contributed by atoms with van der Waals surface area (Å²) >= 11 is 0.952. The molecule has 0 aliphatic rings. The standard InChI is InChI=1S/C13H13FN4O4S/c1-7(21-9-4-2-8(14)3-5-9)11-17-18-13(22-11)23-6-10(19)16-12(15)20/h2-5,7H,6H2,1H3,(H3,15,16,19,20)/t7-/m0/s1. The highest BCUT2D eigenvalue weighted by Crippen LogP contribution is 2.23. The van der Waals surface area contributed by atoms with Gasteiger partial charge in [-0.1, -0.05) is 11.8 Å². The first-order chi connectivity index (χ1) is 10.9. The Morgan fingerprint density at radius 2 is 2.09 bits per heavy atom. The highest BCUT2D eigenvalue weighted by atomic mass is 32.2. The predicted molar refractivity (Wildman–Crippen MR) is 78.2 cm³/mol. The summed E-state index contributed by atoms with van der Waals surface area (Å²) in [5.41, 5.74) is 4.82. The molecule has 0 aliphatic carbocycles. The van der Waals surface area contributed by atoms with Gasteiger partial charge in [-0.3, -0.25) is 10.1 Å². The minimum absolute atomic E-state index is 0.0994. The number of rotatable bonds is 6. The van der Waals surface area contributed by atoms with Crippen molar-refractivity contribution in [3.63, 3.8) is 0 Å². The molecule has 2 rings (SSSR count). The lowest BCUT2D eigenvalue weighted by atomic mass is 10.3. The predicted octanol–water partition coefficient (Wildman–Crippen LogP) is 1.64. The Bertz CT molecular complexity index is 692. The maximum Gasteiger partial charge on any atom is 0.318 e. The second kappa shape index (κ2) is 7.58. The van der Waals surface area contributed by atoms with E-state index in [1.54, 1.807) is 6.92 Å². The third kappa shape index (κ3) is 5.25. The number of hydrogen-bond donors (Lipinski definition) is 2. The molecule has 1 heterocycles. The van der Waals surface area contributed by atoms with E-state index < -0.39 is 18.0 Å². The quantitative estimate of drug-likeness (QED) is 0.767. The van der Waals surface area contributed by atoms with Crippen molar-refractivity contribution in [3.05, 3.63) is 36.0 Å². The van der Waals surface area contributed by atoms with Gasteiger partial charge in [-0.05, 0) is 31.2 Å². The fourth-order valence-electron chi connectivity index (χ4n) is 1.51. The van der Waals surface area contributed by atoms with Gasteiger partial charge in [0.2, 0.25) is 5.91 Å². The van der Waals surface area contributed by atoms with Crippen molar-refractivity contribution in [1.82, 2.24) is 15.5 Å². The average molecular weight is 340 g/mol. The molecule has 2 aromatic rings. The number of halogens is 1. The fraction of sp³-hybridized carbons (Fsp3) is 0.231. The molecule has 1 atom stereocenters. The summed E-state index contributed by atoms with van der Waals surface area (Å²) < 4.78 is 23.7. The number of thioether (sulfide) groups is 1. The topological polar surface area (TPSA) is 120 Å². The van der Waals surface area contributed by atoms with Crippen LogP contribution in [0.2, 0.25) is 0 Å². The van der Waals surface area contributed by atoms with Gasteiger partial charge < -0.3 is 14.9 Å². The van der Waals surface area contributed by atoms with Crippen LogP contribution in [-0.4, -0.2) is 27.9 Å². The number of urea groups is 1. The van der Waals surface area contributed by atoms with E-state index in [1.807, 2.05) is 5.32 Å². The van der Waals surface area contributed by atoms with Crippen LogP contribution in [-0.2, 0) is 4.79 Å². The van der Waals surface area contributed by atoms with Crippen molar-refractivity contribution in [2.24, 2.45) is 5.73 Å². The van der Waals surface area contributed by atoms with Crippen LogP contribution in [0.3, 0.4) is 0 Å². The number of carbonyl (C=O) groups is 2. The normalized spacial score (nSPS) is 11.7. The van der Waals surface area contributed by atoms with Crippen molar-refractivity contribution in [2.45, 2.75) is 18.3 Å². The molecular weight excluding hydrogens is 327 g/mol. The van der Waals surface area contributed by atoms with Gasteiger partial charge in [-0.2, -0.15) is 0 Å². The highest BCUT2D eigenvalue weighted by Gasteiger charge is 2.17. The SMILES string of the molecule is C[C@H](Oc1ccc(F)cc1)c1nnc(SCC(=O)NC(N)=O)o1. The van der Waals surface area contributed by atoms with Crippen LogP contribution in [0.5, 0.6) is 5.75 Å². The van der Waals surface area contributed by atoms with Crippen molar-refractivity contribution in [2.75, 3.05) is 5.75 Å². The molecule has 1 aromatic carbocycles. The Kier molecular flexibility index (Phi) is 5.52. The highest BCUT2D eigenvalue weighted by molar-refractivity contribution is 7.99. The van der Waals surface area contributed by atoms with E-state index in [-0.39, 0.29) is 22.7 Å². The maximum absolute atomic E-state index is 12.8. The van der Waals surface area contributed by atoms with Gasteiger partial charge >= 0.3 is 6.03 Å². The molecule has 23 heavy (non-hydrogen) atoms. The zero-order chi connectivity index (χ0) is 16.8. The second-order valence-corrected chi connectivity index (χ2v) is 5.25. The van der Waals surface area contributed by atoms with Gasteiger partial charge in [0.1, 0.15) is 11.6 Å². The fourth-order valence-corrected chi connectivity index (χ4v) is 2.08. The number of amides is 3. The zero-order valence-corrected chi connectivity index (χ0v) is 12.8. The molecule has 0 fully saturated rings. The van der Waals surface area contributed by atoms with Crippen LogP contribution in [0.1, 0.15) is 18.9 Å². The van der Waals surface area contributed by atoms with Crippen molar-refractivity contribution in [3.8, 4) is 5.75 Å². The first-order valence-electron chi connectivity index (χ1n) is 6.41. The molecule has 0 unspecified atom stereocenters. The van der Waals surface area contributed by atoms with E-state index in [1.165, 1.54) is 24.3 Å². The molecule has 1 aromatic heterocycles. The number of benzene rings is 1. The Balaban J connectivity index is 1.89. The Morgan fingerprint density at radius 3 is 2.74 bits per heavy atom. The van der Waals surface area contributed by atoms with Crippen LogP contribution in [0.4, 0.5) is 9.18 Å². The summed E-state index contributed by atoms with van der Waals surface area (Å²) in [6.07, 6.45) is -0.554. The molecule has 0 radical (unpaired) electrons. The van der Waals surface area contributed by atoms with Gasteiger partial charge in [0, 0.05) is 0 Å². The molecular formula is C13H13FN4O4S. The van der Waals surface area contributed by atoms with Gasteiger partial charge in [0.05, 0.1) is 5.75 Å². The van der Waals surface area contributed by atoms with E-state index in [0.717, 1.165) is 11.8 Å². The number of primary amides is 1. The molecule has 0 saturated heterocycles. The zero-order valence-electron chi connectivity index (χ0n) is 12.0. The van der Waals surface area contributed by atoms with Crippen LogP contribution >= 0.6 is 11.8 Å². The van der Waals surface area contributed by atoms with E-state index in [4.69, 9.17) is 14.9 Å².